The molecule has 0 radical (unpaired) electrons. The van der Waals surface area contributed by atoms with Gasteiger partial charge in [0.15, 0.2) is 0 Å². The van der Waals surface area contributed by atoms with E-state index in [1.54, 1.807) is 5.57 Å². The third-order valence-corrected chi connectivity index (χ3v) is 12.9. The fourth-order valence-corrected chi connectivity index (χ4v) is 10.8. The highest BCUT2D eigenvalue weighted by molar-refractivity contribution is 5.29. The Morgan fingerprint density at radius 3 is 2.22 bits per heavy atom. The van der Waals surface area contributed by atoms with Crippen molar-refractivity contribution in [3.63, 3.8) is 0 Å². The van der Waals surface area contributed by atoms with Crippen molar-refractivity contribution in [2.24, 2.45) is 50.7 Å². The number of allylic oxidation sites excluding steroid dienone is 2. The summed E-state index contributed by atoms with van der Waals surface area (Å²) in [6.45, 7) is 16.9. The fourth-order valence-electron chi connectivity index (χ4n) is 10.8. The van der Waals surface area contributed by atoms with E-state index in [2.05, 4.69) is 47.6 Å². The van der Waals surface area contributed by atoms with Crippen molar-refractivity contribution in [2.45, 2.75) is 125 Å². The van der Waals surface area contributed by atoms with Crippen molar-refractivity contribution in [1.82, 2.24) is 0 Å². The van der Waals surface area contributed by atoms with Gasteiger partial charge in [0.25, 0.3) is 0 Å². The van der Waals surface area contributed by atoms with E-state index in [-0.39, 0.29) is 39.8 Å². The first kappa shape index (κ1) is 27.2. The van der Waals surface area contributed by atoms with Crippen molar-refractivity contribution >= 4 is 0 Å². The Morgan fingerprint density at radius 1 is 0.889 bits per heavy atom. The summed E-state index contributed by atoms with van der Waals surface area (Å²) < 4.78 is 6.47. The molecule has 3 N–H and O–H groups in total. The quantitative estimate of drug-likeness (QED) is 0.405. The van der Waals surface area contributed by atoms with Crippen LogP contribution in [0.1, 0.15) is 106 Å². The maximum Gasteiger partial charge on any atom is 0.0745 e. The SMILES string of the molecule is CC(O)CO[C@@H]1CC(C)(C)C[C@H]2C3=CCC4[C@@](C)(CCC5[C@]4(C)CC[C@H](O)[C@]5(C)CO)C3CC[C@@]12C. The summed E-state index contributed by atoms with van der Waals surface area (Å²) in [4.78, 5) is 0. The topological polar surface area (TPSA) is 69.9 Å². The molecule has 5 rings (SSSR count). The zero-order valence-electron chi connectivity index (χ0n) is 24.1. The van der Waals surface area contributed by atoms with Gasteiger partial charge in [-0.3, -0.25) is 0 Å². The van der Waals surface area contributed by atoms with Gasteiger partial charge in [0.2, 0.25) is 0 Å². The van der Waals surface area contributed by atoms with Crippen LogP contribution in [0.5, 0.6) is 0 Å². The number of rotatable bonds is 4. The van der Waals surface area contributed by atoms with E-state index in [0.29, 0.717) is 30.3 Å². The summed E-state index contributed by atoms with van der Waals surface area (Å²) in [5, 5.41) is 31.3. The third kappa shape index (κ3) is 3.82. The Labute approximate surface area is 220 Å². The largest absolute Gasteiger partial charge is 0.396 e. The lowest BCUT2D eigenvalue weighted by atomic mass is 9.37. The number of aliphatic hydroxyl groups excluding tert-OH is 3. The van der Waals surface area contributed by atoms with Gasteiger partial charge in [-0.25, -0.2) is 0 Å². The van der Waals surface area contributed by atoms with Crippen LogP contribution in [0.15, 0.2) is 11.6 Å². The summed E-state index contributed by atoms with van der Waals surface area (Å²) in [5.41, 5.74) is 2.17. The average molecular weight is 503 g/mol. The van der Waals surface area contributed by atoms with Gasteiger partial charge in [-0.15, -0.1) is 0 Å². The minimum Gasteiger partial charge on any atom is -0.396 e. The zero-order chi connectivity index (χ0) is 26.3. The summed E-state index contributed by atoms with van der Waals surface area (Å²) in [5.74, 6) is 2.18. The normalized spacial score (nSPS) is 52.8. The van der Waals surface area contributed by atoms with Gasteiger partial charge in [-0.1, -0.05) is 53.2 Å². The summed E-state index contributed by atoms with van der Waals surface area (Å²) in [6, 6.07) is 0. The van der Waals surface area contributed by atoms with Crippen LogP contribution in [0.4, 0.5) is 0 Å². The van der Waals surface area contributed by atoms with Crippen molar-refractivity contribution in [3.05, 3.63) is 11.6 Å². The van der Waals surface area contributed by atoms with Crippen molar-refractivity contribution < 1.29 is 20.1 Å². The van der Waals surface area contributed by atoms with Gasteiger partial charge in [-0.2, -0.15) is 0 Å². The fraction of sp³-hybridized carbons (Fsp3) is 0.938. The molecule has 4 nitrogen and oxygen atoms in total. The van der Waals surface area contributed by atoms with Crippen LogP contribution < -0.4 is 0 Å². The second kappa shape index (κ2) is 8.80. The predicted octanol–water partition coefficient (Wildman–Crippen LogP) is 6.13. The van der Waals surface area contributed by atoms with Crippen LogP contribution in [0.2, 0.25) is 0 Å². The van der Waals surface area contributed by atoms with E-state index in [4.69, 9.17) is 4.74 Å². The van der Waals surface area contributed by atoms with Crippen molar-refractivity contribution in [2.75, 3.05) is 13.2 Å². The Morgan fingerprint density at radius 2 is 1.56 bits per heavy atom. The van der Waals surface area contributed by atoms with E-state index >= 15 is 0 Å². The molecule has 0 aliphatic heterocycles. The molecule has 4 saturated carbocycles. The smallest absolute Gasteiger partial charge is 0.0745 e. The minimum atomic E-state index is -0.420. The molecular formula is C32H54O4. The summed E-state index contributed by atoms with van der Waals surface area (Å²) in [7, 11) is 0. The predicted molar refractivity (Wildman–Crippen MR) is 144 cm³/mol. The summed E-state index contributed by atoms with van der Waals surface area (Å²) >= 11 is 0. The monoisotopic (exact) mass is 502 g/mol. The van der Waals surface area contributed by atoms with Gasteiger partial charge in [-0.05, 0) is 105 Å². The number of ether oxygens (including phenoxy) is 1. The first-order chi connectivity index (χ1) is 16.7. The minimum absolute atomic E-state index is 0.0890. The highest BCUT2D eigenvalue weighted by Gasteiger charge is 2.66. The Bertz CT molecular complexity index is 879. The second-order valence-corrected chi connectivity index (χ2v) is 15.7. The molecule has 36 heavy (non-hydrogen) atoms. The Balaban J connectivity index is 1.49. The number of hydrogen-bond acceptors (Lipinski definition) is 4. The molecule has 4 unspecified atom stereocenters. The molecule has 0 aromatic carbocycles. The molecule has 5 aliphatic rings. The highest BCUT2D eigenvalue weighted by Crippen LogP contribution is 2.72. The molecule has 0 aromatic rings. The lowest BCUT2D eigenvalue weighted by Gasteiger charge is -2.68. The number of hydrogen-bond donors (Lipinski definition) is 3. The molecule has 4 fully saturated rings. The van der Waals surface area contributed by atoms with Crippen LogP contribution in [-0.2, 0) is 4.74 Å². The van der Waals surface area contributed by atoms with Gasteiger partial charge < -0.3 is 20.1 Å². The van der Waals surface area contributed by atoms with Crippen molar-refractivity contribution in [3.8, 4) is 0 Å². The van der Waals surface area contributed by atoms with Crippen LogP contribution in [0, 0.1) is 50.7 Å². The molecule has 11 atom stereocenters. The molecule has 0 saturated heterocycles. The number of aliphatic hydroxyl groups is 3. The molecular weight excluding hydrogens is 448 g/mol. The number of fused-ring (bicyclic) bond motifs is 7. The first-order valence-electron chi connectivity index (χ1n) is 15.0. The van der Waals surface area contributed by atoms with Crippen molar-refractivity contribution in [1.29, 1.82) is 0 Å². The van der Waals surface area contributed by atoms with Gasteiger partial charge in [0.05, 0.1) is 31.5 Å². The standard InChI is InChI=1S/C32H54O4/c1-20(34)18-36-27-17-28(2,3)16-23-21-8-9-24-29(4,22(21)10-13-30(23,27)5)14-11-25-31(24,6)15-12-26(35)32(25,7)19-33/h8,20,22-27,33-35H,9-19H2,1-7H3/t20?,22?,23-,24?,25?,26-,27+,29-,30+,31+,32+/m0/s1. The maximum atomic E-state index is 10.9. The van der Waals surface area contributed by atoms with Gasteiger partial charge in [0.1, 0.15) is 0 Å². The molecule has 0 bridgehead atoms. The van der Waals surface area contributed by atoms with E-state index in [0.717, 1.165) is 32.1 Å². The van der Waals surface area contributed by atoms with E-state index in [9.17, 15) is 15.3 Å². The highest BCUT2D eigenvalue weighted by atomic mass is 16.5. The average Bonchev–Trinajstić information content (AvgIpc) is 2.80. The van der Waals surface area contributed by atoms with E-state index in [1.807, 2.05) is 6.92 Å². The lowest BCUT2D eigenvalue weighted by Crippen LogP contribution is -2.63. The lowest BCUT2D eigenvalue weighted by molar-refractivity contribution is -0.205. The Kier molecular flexibility index (Phi) is 6.64. The molecule has 5 aliphatic carbocycles. The third-order valence-electron chi connectivity index (χ3n) is 12.9. The summed E-state index contributed by atoms with van der Waals surface area (Å²) in [6.07, 6.45) is 12.2. The first-order valence-corrected chi connectivity index (χ1v) is 15.0. The van der Waals surface area contributed by atoms with Crippen LogP contribution in [0.25, 0.3) is 0 Å². The Hall–Kier alpha value is -0.420. The van der Waals surface area contributed by atoms with E-state index < -0.39 is 12.2 Å². The van der Waals surface area contributed by atoms with Gasteiger partial charge in [0, 0.05) is 10.8 Å². The van der Waals surface area contributed by atoms with E-state index in [1.165, 1.54) is 25.7 Å². The molecule has 4 heteroatoms. The van der Waals surface area contributed by atoms with Crippen LogP contribution in [0.3, 0.4) is 0 Å². The molecule has 206 valence electrons. The van der Waals surface area contributed by atoms with Crippen LogP contribution in [-0.4, -0.2) is 46.8 Å². The second-order valence-electron chi connectivity index (χ2n) is 15.7. The zero-order valence-corrected chi connectivity index (χ0v) is 24.1. The molecule has 0 heterocycles. The molecule has 0 spiro atoms. The maximum absolute atomic E-state index is 10.9. The molecule has 0 amide bonds. The molecule has 0 aromatic heterocycles. The van der Waals surface area contributed by atoms with Crippen LogP contribution >= 0.6 is 0 Å². The van der Waals surface area contributed by atoms with Gasteiger partial charge >= 0.3 is 0 Å².